The topological polar surface area (TPSA) is 70.6 Å². The van der Waals surface area contributed by atoms with E-state index in [4.69, 9.17) is 10.9 Å². The third-order valence-corrected chi connectivity index (χ3v) is 2.40. The molecule has 0 saturated heterocycles. The Morgan fingerprint density at radius 3 is 2.35 bits per heavy atom. The molecule has 0 aromatic heterocycles. The Bertz CT molecular complexity index is 516. The predicted molar refractivity (Wildman–Crippen MR) is 57.8 cm³/mol. The molecule has 20 heavy (non-hydrogen) atoms. The highest BCUT2D eigenvalue weighted by Crippen LogP contribution is 2.27. The number of nitrogens with zero attached hydrogens (tertiary/aromatic N) is 1. The Kier molecular flexibility index (Phi) is 4.69. The minimum absolute atomic E-state index is 0.548. The summed E-state index contributed by atoms with van der Waals surface area (Å²) in [5, 5.41) is 12.4. The highest BCUT2D eigenvalue weighted by atomic mass is 19.4. The largest absolute Gasteiger partial charge is 0.409 e. The third kappa shape index (κ3) is 3.45. The van der Waals surface area contributed by atoms with Crippen molar-refractivity contribution in [3.8, 4) is 0 Å². The molecule has 4 nitrogen and oxygen atoms in total. The van der Waals surface area contributed by atoms with Gasteiger partial charge in [-0.15, -0.1) is 0 Å². The maximum atomic E-state index is 13.2. The molecular formula is C10H9F6N3O. The smallest absolute Gasteiger partial charge is 0.400 e. The van der Waals surface area contributed by atoms with Crippen LogP contribution in [0.4, 0.5) is 32.0 Å². The minimum Gasteiger partial charge on any atom is -0.409 e. The zero-order valence-corrected chi connectivity index (χ0v) is 9.68. The number of oxime groups is 1. The summed E-state index contributed by atoms with van der Waals surface area (Å²) in [4.78, 5) is 0. The molecule has 1 aromatic carbocycles. The van der Waals surface area contributed by atoms with E-state index in [0.717, 1.165) is 6.07 Å². The summed E-state index contributed by atoms with van der Waals surface area (Å²) in [5.74, 6) is -8.52. The van der Waals surface area contributed by atoms with Crippen molar-refractivity contribution in [2.45, 2.75) is 6.18 Å². The molecule has 0 aliphatic heterocycles. The lowest BCUT2D eigenvalue weighted by atomic mass is 10.1. The van der Waals surface area contributed by atoms with Gasteiger partial charge in [-0.05, 0) is 12.1 Å². The van der Waals surface area contributed by atoms with E-state index < -0.39 is 47.6 Å². The Balaban J connectivity index is 2.92. The third-order valence-electron chi connectivity index (χ3n) is 2.40. The van der Waals surface area contributed by atoms with Crippen LogP contribution in [-0.2, 0) is 0 Å². The second-order valence-corrected chi connectivity index (χ2v) is 3.72. The van der Waals surface area contributed by atoms with E-state index in [1.165, 1.54) is 0 Å². The molecule has 0 heterocycles. The number of hydrogen-bond donors (Lipinski definition) is 3. The highest BCUT2D eigenvalue weighted by Gasteiger charge is 2.42. The molecule has 112 valence electrons. The van der Waals surface area contributed by atoms with Crippen molar-refractivity contribution in [2.24, 2.45) is 16.8 Å². The molecule has 1 rings (SSSR count). The first-order valence-electron chi connectivity index (χ1n) is 5.10. The van der Waals surface area contributed by atoms with Crippen LogP contribution in [0.1, 0.15) is 0 Å². The van der Waals surface area contributed by atoms with Gasteiger partial charge in [-0.25, -0.2) is 13.2 Å². The first-order valence-corrected chi connectivity index (χ1v) is 5.10. The van der Waals surface area contributed by atoms with Gasteiger partial charge in [0.05, 0.1) is 5.69 Å². The fourth-order valence-corrected chi connectivity index (χ4v) is 1.33. The van der Waals surface area contributed by atoms with E-state index >= 15 is 0 Å². The van der Waals surface area contributed by atoms with Crippen LogP contribution in [0.15, 0.2) is 17.3 Å². The average Bonchev–Trinajstić information content (AvgIpc) is 2.36. The van der Waals surface area contributed by atoms with Gasteiger partial charge in [-0.1, -0.05) is 5.16 Å². The number of alkyl halides is 3. The maximum Gasteiger partial charge on any atom is 0.400 e. The van der Waals surface area contributed by atoms with E-state index in [0.29, 0.717) is 6.07 Å². The van der Waals surface area contributed by atoms with Crippen molar-refractivity contribution < 1.29 is 31.5 Å². The van der Waals surface area contributed by atoms with Crippen LogP contribution in [-0.4, -0.2) is 23.8 Å². The normalized spacial score (nSPS) is 14.2. The van der Waals surface area contributed by atoms with E-state index in [2.05, 4.69) is 5.16 Å². The van der Waals surface area contributed by atoms with Gasteiger partial charge in [0.25, 0.3) is 0 Å². The number of anilines is 1. The molecular weight excluding hydrogens is 292 g/mol. The van der Waals surface area contributed by atoms with E-state index in [1.54, 1.807) is 0 Å². The van der Waals surface area contributed by atoms with Crippen molar-refractivity contribution >= 4 is 11.5 Å². The van der Waals surface area contributed by atoms with Crippen molar-refractivity contribution in [3.05, 3.63) is 29.6 Å². The van der Waals surface area contributed by atoms with Crippen LogP contribution in [0, 0.1) is 23.4 Å². The van der Waals surface area contributed by atoms with Crippen LogP contribution >= 0.6 is 0 Å². The second-order valence-electron chi connectivity index (χ2n) is 3.72. The number of nitrogens with one attached hydrogen (secondary N) is 1. The van der Waals surface area contributed by atoms with Gasteiger partial charge >= 0.3 is 6.18 Å². The zero-order chi connectivity index (χ0) is 15.5. The first kappa shape index (κ1) is 15.9. The van der Waals surface area contributed by atoms with Crippen molar-refractivity contribution in [1.82, 2.24) is 0 Å². The molecule has 0 bridgehead atoms. The Hall–Kier alpha value is -2.13. The van der Waals surface area contributed by atoms with Crippen LogP contribution < -0.4 is 11.1 Å². The second kappa shape index (κ2) is 5.88. The lowest BCUT2D eigenvalue weighted by Gasteiger charge is -2.20. The molecule has 10 heteroatoms. The fourth-order valence-electron chi connectivity index (χ4n) is 1.33. The SMILES string of the molecule is N/C(=N/O)C(CNc1ccc(F)c(F)c1F)C(F)(F)F. The summed E-state index contributed by atoms with van der Waals surface area (Å²) in [5.41, 5.74) is 4.19. The van der Waals surface area contributed by atoms with Gasteiger partial charge in [0.15, 0.2) is 23.3 Å². The summed E-state index contributed by atoms with van der Waals surface area (Å²) in [7, 11) is 0. The van der Waals surface area contributed by atoms with Gasteiger partial charge in [0.2, 0.25) is 0 Å². The summed E-state index contributed by atoms with van der Waals surface area (Å²) < 4.78 is 76.4. The summed E-state index contributed by atoms with van der Waals surface area (Å²) in [6.07, 6.45) is -4.86. The number of rotatable bonds is 4. The van der Waals surface area contributed by atoms with Crippen LogP contribution in [0.5, 0.6) is 0 Å². The zero-order valence-electron chi connectivity index (χ0n) is 9.68. The molecule has 1 unspecified atom stereocenters. The Morgan fingerprint density at radius 2 is 1.85 bits per heavy atom. The molecule has 4 N–H and O–H groups in total. The lowest BCUT2D eigenvalue weighted by molar-refractivity contribution is -0.152. The number of amidine groups is 1. The maximum absolute atomic E-state index is 13.2. The summed E-state index contributed by atoms with van der Waals surface area (Å²) >= 11 is 0. The molecule has 0 spiro atoms. The average molecular weight is 301 g/mol. The molecule has 0 aliphatic rings. The van der Waals surface area contributed by atoms with E-state index in [9.17, 15) is 26.3 Å². The summed E-state index contributed by atoms with van der Waals surface area (Å²) in [6, 6.07) is 1.28. The van der Waals surface area contributed by atoms with Gasteiger partial charge < -0.3 is 16.3 Å². The Labute approximate surface area is 108 Å². The molecule has 1 atom stereocenters. The van der Waals surface area contributed by atoms with Gasteiger partial charge in [-0.2, -0.15) is 13.2 Å². The van der Waals surface area contributed by atoms with Crippen molar-refractivity contribution in [2.75, 3.05) is 11.9 Å². The summed E-state index contributed by atoms with van der Waals surface area (Å²) in [6.45, 7) is -1.01. The fraction of sp³-hybridized carbons (Fsp3) is 0.300. The number of hydrogen-bond acceptors (Lipinski definition) is 3. The highest BCUT2D eigenvalue weighted by molar-refractivity contribution is 5.83. The number of halogens is 6. The molecule has 0 saturated carbocycles. The number of nitrogens with two attached hydrogens (primary N) is 1. The van der Waals surface area contributed by atoms with E-state index in [-0.39, 0.29) is 0 Å². The van der Waals surface area contributed by atoms with Crippen LogP contribution in [0.25, 0.3) is 0 Å². The molecule has 0 amide bonds. The molecule has 0 fully saturated rings. The van der Waals surface area contributed by atoms with Gasteiger partial charge in [0.1, 0.15) is 5.92 Å². The number of benzene rings is 1. The van der Waals surface area contributed by atoms with Gasteiger partial charge in [-0.3, -0.25) is 0 Å². The quantitative estimate of drug-likeness (QED) is 0.200. The Morgan fingerprint density at radius 1 is 1.25 bits per heavy atom. The van der Waals surface area contributed by atoms with Gasteiger partial charge in [0, 0.05) is 6.54 Å². The van der Waals surface area contributed by atoms with Crippen LogP contribution in [0.2, 0.25) is 0 Å². The predicted octanol–water partition coefficient (Wildman–Crippen LogP) is 2.44. The lowest BCUT2D eigenvalue weighted by Crippen LogP contribution is -2.40. The van der Waals surface area contributed by atoms with Crippen molar-refractivity contribution in [1.29, 1.82) is 0 Å². The molecule has 1 aromatic rings. The van der Waals surface area contributed by atoms with Crippen molar-refractivity contribution in [3.63, 3.8) is 0 Å². The van der Waals surface area contributed by atoms with E-state index in [1.807, 2.05) is 5.32 Å². The molecule has 0 radical (unpaired) electrons. The van der Waals surface area contributed by atoms with Crippen LogP contribution in [0.3, 0.4) is 0 Å². The molecule has 0 aliphatic carbocycles. The standard InChI is InChI=1S/C10H9F6N3O/c11-5-1-2-6(8(13)7(5)12)18-3-4(9(17)19-20)10(14,15)16/h1-2,4,18,20H,3H2,(H2,17,19). The first-order chi connectivity index (χ1) is 9.18. The monoisotopic (exact) mass is 301 g/mol. The minimum atomic E-state index is -4.86.